The Morgan fingerprint density at radius 3 is 2.48 bits per heavy atom. The van der Waals surface area contributed by atoms with Crippen LogP contribution in [0.3, 0.4) is 0 Å². The minimum Gasteiger partial charge on any atom is -0.334 e. The third-order valence-electron chi connectivity index (χ3n) is 3.51. The summed E-state index contributed by atoms with van der Waals surface area (Å²) in [4.78, 5) is 34.4. The highest BCUT2D eigenvalue weighted by Gasteiger charge is 2.23. The highest BCUT2D eigenvalue weighted by Crippen LogP contribution is 2.32. The minimum absolute atomic E-state index is 0.0211. The van der Waals surface area contributed by atoms with Gasteiger partial charge in [-0.3, -0.25) is 14.9 Å². The summed E-state index contributed by atoms with van der Waals surface area (Å²) >= 11 is 5.79. The van der Waals surface area contributed by atoms with Gasteiger partial charge in [-0.25, -0.2) is 15.0 Å². The average Bonchev–Trinajstić information content (AvgIpc) is 2.64. The van der Waals surface area contributed by atoms with E-state index < -0.39 is 4.92 Å². The maximum atomic E-state index is 11.6. The summed E-state index contributed by atoms with van der Waals surface area (Å²) in [5, 5.41) is 17.7. The molecule has 0 radical (unpaired) electrons. The van der Waals surface area contributed by atoms with Gasteiger partial charge in [0.15, 0.2) is 5.78 Å². The fraction of sp³-hybridized carbons (Fsp3) is 0.0588. The number of rotatable bonds is 6. The van der Waals surface area contributed by atoms with E-state index in [0.717, 1.165) is 0 Å². The lowest BCUT2D eigenvalue weighted by Crippen LogP contribution is -2.06. The number of halogens is 1. The number of nitro groups is 1. The molecule has 0 fully saturated rings. The number of pyridine rings is 1. The summed E-state index contributed by atoms with van der Waals surface area (Å²) in [6.07, 6.45) is 2.59. The molecule has 9 nitrogen and oxygen atoms in total. The van der Waals surface area contributed by atoms with E-state index in [9.17, 15) is 14.9 Å². The van der Waals surface area contributed by atoms with Gasteiger partial charge < -0.3 is 10.6 Å². The zero-order valence-electron chi connectivity index (χ0n) is 14.0. The largest absolute Gasteiger partial charge is 0.353 e. The highest BCUT2D eigenvalue weighted by molar-refractivity contribution is 6.30. The lowest BCUT2D eigenvalue weighted by atomic mass is 10.1. The lowest BCUT2D eigenvalue weighted by Gasteiger charge is -2.10. The summed E-state index contributed by atoms with van der Waals surface area (Å²) < 4.78 is 0. The van der Waals surface area contributed by atoms with E-state index in [-0.39, 0.29) is 23.1 Å². The van der Waals surface area contributed by atoms with Gasteiger partial charge in [0, 0.05) is 17.4 Å². The van der Waals surface area contributed by atoms with Gasteiger partial charge in [0.2, 0.25) is 11.6 Å². The number of ketones is 1. The minimum atomic E-state index is -0.602. The van der Waals surface area contributed by atoms with Crippen LogP contribution in [0.25, 0.3) is 0 Å². The maximum absolute atomic E-state index is 11.6. The topological polar surface area (TPSA) is 123 Å². The first kappa shape index (κ1) is 18.2. The van der Waals surface area contributed by atoms with Crippen molar-refractivity contribution >= 4 is 46.2 Å². The average molecular weight is 385 g/mol. The van der Waals surface area contributed by atoms with Crippen LogP contribution in [0.15, 0.2) is 48.9 Å². The molecule has 2 aromatic heterocycles. The van der Waals surface area contributed by atoms with Gasteiger partial charge in [0.1, 0.15) is 12.1 Å². The fourth-order valence-electron chi connectivity index (χ4n) is 2.26. The Hall–Kier alpha value is -3.59. The van der Waals surface area contributed by atoms with Crippen molar-refractivity contribution < 1.29 is 9.72 Å². The Morgan fingerprint density at radius 1 is 1.11 bits per heavy atom. The van der Waals surface area contributed by atoms with Crippen molar-refractivity contribution in [3.63, 3.8) is 0 Å². The van der Waals surface area contributed by atoms with E-state index in [4.69, 9.17) is 11.6 Å². The summed E-state index contributed by atoms with van der Waals surface area (Å²) in [7, 11) is 0. The molecule has 0 atom stereocenters. The molecule has 1 aromatic carbocycles. The summed E-state index contributed by atoms with van der Waals surface area (Å²) in [5.41, 5.74) is 0.600. The SMILES string of the molecule is CC(=O)c1cccc(Nc2ncnc(Nc3ccc(Cl)cn3)c2[N+](=O)[O-])c1. The van der Waals surface area contributed by atoms with Gasteiger partial charge in [-0.2, -0.15) is 0 Å². The van der Waals surface area contributed by atoms with E-state index in [0.29, 0.717) is 22.1 Å². The molecule has 0 aliphatic rings. The first-order valence-corrected chi connectivity index (χ1v) is 8.08. The van der Waals surface area contributed by atoms with Crippen LogP contribution in [0.5, 0.6) is 0 Å². The smallest absolute Gasteiger partial charge is 0.334 e. The quantitative estimate of drug-likeness (QED) is 0.369. The monoisotopic (exact) mass is 384 g/mol. The Labute approximate surface area is 158 Å². The number of anilines is 4. The fourth-order valence-corrected chi connectivity index (χ4v) is 2.37. The van der Waals surface area contributed by atoms with Crippen molar-refractivity contribution in [1.82, 2.24) is 15.0 Å². The molecule has 10 heteroatoms. The Morgan fingerprint density at radius 2 is 1.85 bits per heavy atom. The van der Waals surface area contributed by atoms with Crippen molar-refractivity contribution in [2.24, 2.45) is 0 Å². The second-order valence-electron chi connectivity index (χ2n) is 5.43. The number of nitrogens with zero attached hydrogens (tertiary/aromatic N) is 4. The van der Waals surface area contributed by atoms with Gasteiger partial charge in [-0.1, -0.05) is 23.7 Å². The Kier molecular flexibility index (Phi) is 5.23. The van der Waals surface area contributed by atoms with Crippen LogP contribution >= 0.6 is 11.6 Å². The van der Waals surface area contributed by atoms with Gasteiger partial charge in [-0.15, -0.1) is 0 Å². The number of benzene rings is 1. The van der Waals surface area contributed by atoms with E-state index in [1.54, 1.807) is 36.4 Å². The van der Waals surface area contributed by atoms with E-state index in [2.05, 4.69) is 25.6 Å². The predicted molar refractivity (Wildman–Crippen MR) is 101 cm³/mol. The molecule has 0 unspecified atom stereocenters. The summed E-state index contributed by atoms with van der Waals surface area (Å²) in [5.74, 6) is 0.167. The number of nitrogens with one attached hydrogen (secondary N) is 2. The molecular formula is C17H13ClN6O3. The molecule has 0 bridgehead atoms. The standard InChI is InChI=1S/C17H13ClN6O3/c1-10(25)11-3-2-4-13(7-11)22-16-15(24(26)27)17(21-9-20-16)23-14-6-5-12(18)8-19-14/h2-9H,1H3,(H2,19,20,21,22,23). The number of carbonyl (C=O) groups excluding carboxylic acids is 1. The van der Waals surface area contributed by atoms with Crippen LogP contribution in [-0.4, -0.2) is 25.7 Å². The van der Waals surface area contributed by atoms with E-state index >= 15 is 0 Å². The van der Waals surface area contributed by atoms with Crippen LogP contribution in [-0.2, 0) is 0 Å². The third kappa shape index (κ3) is 4.33. The molecule has 0 saturated heterocycles. The third-order valence-corrected chi connectivity index (χ3v) is 3.73. The zero-order chi connectivity index (χ0) is 19.4. The zero-order valence-corrected chi connectivity index (χ0v) is 14.8. The number of carbonyl (C=O) groups is 1. The molecule has 0 amide bonds. The first-order valence-electron chi connectivity index (χ1n) is 7.70. The number of Topliss-reactive ketones (excluding diaryl/α,β-unsaturated/α-hetero) is 1. The second kappa shape index (κ2) is 7.75. The Bertz CT molecular complexity index is 1010. The van der Waals surface area contributed by atoms with Crippen LogP contribution < -0.4 is 10.6 Å². The van der Waals surface area contributed by atoms with Gasteiger partial charge >= 0.3 is 5.69 Å². The number of hydrogen-bond donors (Lipinski definition) is 2. The van der Waals surface area contributed by atoms with Crippen LogP contribution in [0.1, 0.15) is 17.3 Å². The van der Waals surface area contributed by atoms with Crippen LogP contribution in [0.4, 0.5) is 28.8 Å². The molecule has 0 aliphatic heterocycles. The normalized spacial score (nSPS) is 10.3. The molecule has 2 N–H and O–H groups in total. The van der Waals surface area contributed by atoms with Crippen molar-refractivity contribution in [2.45, 2.75) is 6.92 Å². The number of aromatic nitrogens is 3. The molecule has 3 aromatic rings. The van der Waals surface area contributed by atoms with Gasteiger partial charge in [0.25, 0.3) is 0 Å². The molecule has 3 rings (SSSR count). The number of hydrogen-bond acceptors (Lipinski definition) is 8. The maximum Gasteiger partial charge on any atom is 0.353 e. The van der Waals surface area contributed by atoms with Gasteiger partial charge in [-0.05, 0) is 31.2 Å². The lowest BCUT2D eigenvalue weighted by molar-refractivity contribution is -0.383. The first-order chi connectivity index (χ1) is 12.9. The molecular weight excluding hydrogens is 372 g/mol. The van der Waals surface area contributed by atoms with Gasteiger partial charge in [0.05, 0.1) is 9.95 Å². The van der Waals surface area contributed by atoms with Crippen molar-refractivity contribution in [1.29, 1.82) is 0 Å². The molecule has 0 saturated carbocycles. The molecule has 0 aliphatic carbocycles. The predicted octanol–water partition coefficient (Wildman–Crippen LogP) is 4.12. The van der Waals surface area contributed by atoms with E-state index in [1.807, 2.05) is 0 Å². The summed E-state index contributed by atoms with van der Waals surface area (Å²) in [6.45, 7) is 1.44. The second-order valence-corrected chi connectivity index (χ2v) is 5.86. The van der Waals surface area contributed by atoms with E-state index in [1.165, 1.54) is 19.4 Å². The van der Waals surface area contributed by atoms with Crippen molar-refractivity contribution in [2.75, 3.05) is 10.6 Å². The highest BCUT2D eigenvalue weighted by atomic mass is 35.5. The Balaban J connectivity index is 1.96. The van der Waals surface area contributed by atoms with Crippen LogP contribution in [0, 0.1) is 10.1 Å². The molecule has 136 valence electrons. The molecule has 0 spiro atoms. The molecule has 2 heterocycles. The summed E-state index contributed by atoms with van der Waals surface area (Å²) in [6, 6.07) is 9.74. The van der Waals surface area contributed by atoms with Crippen molar-refractivity contribution in [3.8, 4) is 0 Å². The molecule has 27 heavy (non-hydrogen) atoms. The van der Waals surface area contributed by atoms with Crippen molar-refractivity contribution in [3.05, 3.63) is 69.6 Å². The van der Waals surface area contributed by atoms with Crippen LogP contribution in [0.2, 0.25) is 5.02 Å².